The molecule has 0 aromatic carbocycles. The summed E-state index contributed by atoms with van der Waals surface area (Å²) in [5.74, 6) is 1.03. The van der Waals surface area contributed by atoms with E-state index in [1.54, 1.807) is 0 Å². The lowest BCUT2D eigenvalue weighted by molar-refractivity contribution is 0.373. The average Bonchev–Trinajstić information content (AvgIpc) is 1.33. The summed E-state index contributed by atoms with van der Waals surface area (Å²) in [4.78, 5) is 0. The van der Waals surface area contributed by atoms with Gasteiger partial charge in [-0.25, -0.2) is 0 Å². The third kappa shape index (κ3) is 0.863. The van der Waals surface area contributed by atoms with Crippen LogP contribution in [0.4, 0.5) is 0 Å². The summed E-state index contributed by atoms with van der Waals surface area (Å²) >= 11 is 2.51. The van der Waals surface area contributed by atoms with Gasteiger partial charge in [0.15, 0.2) is 0 Å². The van der Waals surface area contributed by atoms with Crippen LogP contribution in [0.3, 0.4) is 0 Å². The fourth-order valence-electron chi connectivity index (χ4n) is 0.804. The standard InChI is InChI=1S/C5H9I/c1-4-2-5(6)3-4/h4-5H,2-3H2,1H3/t4-,5+. The van der Waals surface area contributed by atoms with Crippen molar-refractivity contribution in [3.63, 3.8) is 0 Å². The molecule has 1 aliphatic carbocycles. The number of hydrogen-bond acceptors (Lipinski definition) is 0. The molecule has 1 aliphatic rings. The van der Waals surface area contributed by atoms with Crippen LogP contribution >= 0.6 is 22.6 Å². The summed E-state index contributed by atoms with van der Waals surface area (Å²) in [5, 5.41) is 0. The molecular weight excluding hydrogens is 187 g/mol. The largest absolute Gasteiger partial charge is 0.0826 e. The van der Waals surface area contributed by atoms with Crippen LogP contribution in [-0.2, 0) is 0 Å². The Bertz CT molecular complexity index is 39.9. The highest BCUT2D eigenvalue weighted by molar-refractivity contribution is 14.1. The van der Waals surface area contributed by atoms with Crippen LogP contribution < -0.4 is 0 Å². The Kier molecular flexibility index (Phi) is 1.37. The number of alkyl halides is 1. The molecule has 0 aromatic rings. The molecule has 0 saturated heterocycles. The lowest BCUT2D eigenvalue weighted by Gasteiger charge is -2.27. The highest BCUT2D eigenvalue weighted by Gasteiger charge is 2.21. The Morgan fingerprint density at radius 2 is 2.00 bits per heavy atom. The lowest BCUT2D eigenvalue weighted by Crippen LogP contribution is -2.19. The van der Waals surface area contributed by atoms with Gasteiger partial charge in [-0.15, -0.1) is 0 Å². The minimum absolute atomic E-state index is 1.01. The van der Waals surface area contributed by atoms with Gasteiger partial charge in [0.25, 0.3) is 0 Å². The first-order valence-electron chi connectivity index (χ1n) is 2.43. The summed E-state index contributed by atoms with van der Waals surface area (Å²) in [6.07, 6.45) is 2.92. The Balaban J connectivity index is 2.11. The Labute approximate surface area is 52.5 Å². The molecule has 0 amide bonds. The number of halogens is 1. The molecule has 0 aliphatic heterocycles. The molecule has 0 N–H and O–H groups in total. The molecule has 0 bridgehead atoms. The summed E-state index contributed by atoms with van der Waals surface area (Å²) in [5.41, 5.74) is 0. The monoisotopic (exact) mass is 196 g/mol. The molecule has 0 spiro atoms. The van der Waals surface area contributed by atoms with Crippen LogP contribution in [0.2, 0.25) is 0 Å². The highest BCUT2D eigenvalue weighted by atomic mass is 127. The van der Waals surface area contributed by atoms with Crippen molar-refractivity contribution in [3.8, 4) is 0 Å². The summed E-state index contributed by atoms with van der Waals surface area (Å²) in [7, 11) is 0. The molecule has 1 rings (SSSR count). The first-order valence-corrected chi connectivity index (χ1v) is 3.67. The normalized spacial score (nSPS) is 45.0. The fraction of sp³-hybridized carbons (Fsp3) is 1.00. The topological polar surface area (TPSA) is 0 Å². The SMILES string of the molecule is C[C@H]1C[C@@H](I)C1. The van der Waals surface area contributed by atoms with Crippen molar-refractivity contribution in [3.05, 3.63) is 0 Å². The minimum Gasteiger partial charge on any atom is -0.0826 e. The minimum atomic E-state index is 1.01. The zero-order valence-electron chi connectivity index (χ0n) is 3.95. The molecule has 0 heterocycles. The second-order valence-electron chi connectivity index (χ2n) is 2.17. The molecule has 0 unspecified atom stereocenters. The molecular formula is C5H9I. The number of hydrogen-bond donors (Lipinski definition) is 0. The van der Waals surface area contributed by atoms with Crippen molar-refractivity contribution in [1.82, 2.24) is 0 Å². The smallest absolute Gasteiger partial charge is 0.0115 e. The fourth-order valence-corrected chi connectivity index (χ4v) is 2.54. The predicted molar refractivity (Wildman–Crippen MR) is 36.2 cm³/mol. The summed E-state index contributed by atoms with van der Waals surface area (Å²) in [6.45, 7) is 2.31. The van der Waals surface area contributed by atoms with Gasteiger partial charge < -0.3 is 0 Å². The molecule has 0 nitrogen and oxygen atoms in total. The highest BCUT2D eigenvalue weighted by Crippen LogP contribution is 2.32. The van der Waals surface area contributed by atoms with Crippen molar-refractivity contribution in [1.29, 1.82) is 0 Å². The van der Waals surface area contributed by atoms with Gasteiger partial charge in [0.2, 0.25) is 0 Å². The maximum absolute atomic E-state index is 2.51. The Morgan fingerprint density at radius 3 is 2.00 bits per heavy atom. The van der Waals surface area contributed by atoms with Gasteiger partial charge >= 0.3 is 0 Å². The molecule has 1 saturated carbocycles. The molecule has 0 aromatic heterocycles. The Hall–Kier alpha value is 0.730. The average molecular weight is 196 g/mol. The van der Waals surface area contributed by atoms with Gasteiger partial charge in [0, 0.05) is 3.92 Å². The number of rotatable bonds is 0. The molecule has 1 fully saturated rings. The van der Waals surface area contributed by atoms with E-state index in [1.807, 2.05) is 0 Å². The van der Waals surface area contributed by atoms with Gasteiger partial charge in [-0.05, 0) is 18.8 Å². The summed E-state index contributed by atoms with van der Waals surface area (Å²) in [6, 6.07) is 0. The predicted octanol–water partition coefficient (Wildman–Crippen LogP) is 2.22. The van der Waals surface area contributed by atoms with E-state index in [1.165, 1.54) is 12.8 Å². The molecule has 36 valence electrons. The van der Waals surface area contributed by atoms with E-state index in [4.69, 9.17) is 0 Å². The molecule has 6 heavy (non-hydrogen) atoms. The van der Waals surface area contributed by atoms with E-state index < -0.39 is 0 Å². The van der Waals surface area contributed by atoms with Crippen molar-refractivity contribution >= 4 is 22.6 Å². The first-order chi connectivity index (χ1) is 2.79. The zero-order valence-corrected chi connectivity index (χ0v) is 6.10. The quantitative estimate of drug-likeness (QED) is 0.411. The van der Waals surface area contributed by atoms with Crippen LogP contribution in [0.15, 0.2) is 0 Å². The van der Waals surface area contributed by atoms with Crippen LogP contribution in [0.25, 0.3) is 0 Å². The Morgan fingerprint density at radius 1 is 1.50 bits per heavy atom. The van der Waals surface area contributed by atoms with Gasteiger partial charge in [-0.2, -0.15) is 0 Å². The first kappa shape index (κ1) is 4.88. The summed E-state index contributed by atoms with van der Waals surface area (Å²) < 4.78 is 1.01. The van der Waals surface area contributed by atoms with Crippen LogP contribution in [-0.4, -0.2) is 3.92 Å². The van der Waals surface area contributed by atoms with Crippen molar-refractivity contribution < 1.29 is 0 Å². The van der Waals surface area contributed by atoms with Gasteiger partial charge in [0.05, 0.1) is 0 Å². The van der Waals surface area contributed by atoms with E-state index in [-0.39, 0.29) is 0 Å². The third-order valence-electron chi connectivity index (χ3n) is 1.32. The van der Waals surface area contributed by atoms with Crippen molar-refractivity contribution in [2.45, 2.75) is 23.7 Å². The zero-order chi connectivity index (χ0) is 4.57. The molecule has 1 heteroatoms. The third-order valence-corrected chi connectivity index (χ3v) is 2.33. The van der Waals surface area contributed by atoms with Gasteiger partial charge in [-0.3, -0.25) is 0 Å². The van der Waals surface area contributed by atoms with Gasteiger partial charge in [0.1, 0.15) is 0 Å². The lowest BCUT2D eigenvalue weighted by atomic mass is 9.87. The van der Waals surface area contributed by atoms with E-state index >= 15 is 0 Å². The second kappa shape index (κ2) is 1.68. The second-order valence-corrected chi connectivity index (χ2v) is 3.94. The maximum atomic E-state index is 2.51. The molecule has 0 radical (unpaired) electrons. The van der Waals surface area contributed by atoms with E-state index in [0.29, 0.717) is 0 Å². The van der Waals surface area contributed by atoms with E-state index in [9.17, 15) is 0 Å². The van der Waals surface area contributed by atoms with Gasteiger partial charge in [-0.1, -0.05) is 29.5 Å². The van der Waals surface area contributed by atoms with Crippen LogP contribution in [0.1, 0.15) is 19.8 Å². The van der Waals surface area contributed by atoms with E-state index in [0.717, 1.165) is 9.84 Å². The maximum Gasteiger partial charge on any atom is 0.0115 e. The van der Waals surface area contributed by atoms with Crippen LogP contribution in [0.5, 0.6) is 0 Å². The molecule has 0 atom stereocenters. The van der Waals surface area contributed by atoms with Crippen molar-refractivity contribution in [2.75, 3.05) is 0 Å². The van der Waals surface area contributed by atoms with Crippen LogP contribution in [0, 0.1) is 5.92 Å². The van der Waals surface area contributed by atoms with E-state index in [2.05, 4.69) is 29.5 Å². The van der Waals surface area contributed by atoms with Crippen molar-refractivity contribution in [2.24, 2.45) is 5.92 Å².